The minimum atomic E-state index is 0.152. The maximum atomic E-state index is 13.5. The van der Waals surface area contributed by atoms with E-state index in [1.54, 1.807) is 0 Å². The van der Waals surface area contributed by atoms with E-state index < -0.39 is 0 Å². The summed E-state index contributed by atoms with van der Waals surface area (Å²) in [5.74, 6) is 0.152. The topological polar surface area (TPSA) is 47.3 Å². The van der Waals surface area contributed by atoms with E-state index in [-0.39, 0.29) is 5.91 Å². The van der Waals surface area contributed by atoms with Crippen molar-refractivity contribution < 1.29 is 4.79 Å². The van der Waals surface area contributed by atoms with Crippen molar-refractivity contribution in [3.63, 3.8) is 0 Å². The number of anilines is 3. The summed E-state index contributed by atoms with van der Waals surface area (Å²) in [6.45, 7) is 1.42. The van der Waals surface area contributed by atoms with E-state index in [9.17, 15) is 4.79 Å². The van der Waals surface area contributed by atoms with Crippen molar-refractivity contribution in [1.82, 2.24) is 0 Å². The summed E-state index contributed by atoms with van der Waals surface area (Å²) in [6, 6.07) is 36.9. The Bertz CT molecular complexity index is 1320. The molecule has 4 nitrogen and oxygen atoms in total. The average Bonchev–Trinajstić information content (AvgIpc) is 2.95. The Kier molecular flexibility index (Phi) is 7.10. The molecule has 4 heteroatoms. The Labute approximate surface area is 213 Å². The lowest BCUT2D eigenvalue weighted by Gasteiger charge is -2.34. The lowest BCUT2D eigenvalue weighted by molar-refractivity contribution is -0.118. The number of fused-ring (bicyclic) bond motifs is 1. The first-order valence-corrected chi connectivity index (χ1v) is 12.5. The first kappa shape index (κ1) is 23.4. The molecular weight excluding hydrogens is 442 g/mol. The molecule has 4 aromatic rings. The van der Waals surface area contributed by atoms with Crippen LogP contribution in [0.3, 0.4) is 0 Å². The molecule has 0 unspecified atom stereocenters. The molecule has 178 valence electrons. The third-order valence-corrected chi connectivity index (χ3v) is 6.78. The molecule has 0 aliphatic carbocycles. The Morgan fingerprint density at radius 3 is 2.14 bits per heavy atom. The molecule has 0 spiro atoms. The summed E-state index contributed by atoms with van der Waals surface area (Å²) >= 11 is 0. The normalized spacial score (nSPS) is 12.5. The number of hydrogen-bond donors (Lipinski definition) is 0. The molecule has 0 fully saturated rings. The first-order valence-electron chi connectivity index (χ1n) is 12.5. The van der Waals surface area contributed by atoms with E-state index in [2.05, 4.69) is 77.7 Å². The molecule has 1 heterocycles. The minimum absolute atomic E-state index is 0.152. The lowest BCUT2D eigenvalue weighted by atomic mass is 9.96. The molecule has 0 aromatic heterocycles. The number of aryl methyl sites for hydroxylation is 2. The van der Waals surface area contributed by atoms with Gasteiger partial charge in [0.2, 0.25) is 5.91 Å². The summed E-state index contributed by atoms with van der Waals surface area (Å²) in [5.41, 5.74) is 7.43. The van der Waals surface area contributed by atoms with Crippen LogP contribution in [0.25, 0.3) is 0 Å². The zero-order chi connectivity index (χ0) is 24.7. The number of benzene rings is 4. The molecular formula is C32H29N3O. The fourth-order valence-corrected chi connectivity index (χ4v) is 4.96. The van der Waals surface area contributed by atoms with Crippen LogP contribution in [0.2, 0.25) is 0 Å². The Morgan fingerprint density at radius 2 is 1.50 bits per heavy atom. The second-order valence-electron chi connectivity index (χ2n) is 9.14. The van der Waals surface area contributed by atoms with E-state index in [4.69, 9.17) is 5.26 Å². The average molecular weight is 472 g/mol. The molecule has 1 aliphatic heterocycles. The first-order chi connectivity index (χ1) is 17.7. The number of hydrogen-bond acceptors (Lipinski definition) is 3. The number of para-hydroxylation sites is 3. The zero-order valence-electron chi connectivity index (χ0n) is 20.3. The van der Waals surface area contributed by atoms with Crippen LogP contribution >= 0.6 is 0 Å². The van der Waals surface area contributed by atoms with Crippen molar-refractivity contribution in [1.29, 1.82) is 5.26 Å². The summed E-state index contributed by atoms with van der Waals surface area (Å²) in [6.07, 6.45) is 3.07. The van der Waals surface area contributed by atoms with Crippen molar-refractivity contribution in [2.24, 2.45) is 0 Å². The van der Waals surface area contributed by atoms with Crippen LogP contribution in [0, 0.1) is 11.3 Å². The van der Waals surface area contributed by atoms with Gasteiger partial charge in [-0.2, -0.15) is 5.26 Å². The molecule has 0 saturated heterocycles. The number of rotatable bonds is 7. The molecule has 0 saturated carbocycles. The Hall–Kier alpha value is -4.36. The van der Waals surface area contributed by atoms with E-state index in [0.717, 1.165) is 47.6 Å². The van der Waals surface area contributed by atoms with Gasteiger partial charge in [-0.3, -0.25) is 4.79 Å². The second-order valence-corrected chi connectivity index (χ2v) is 9.14. The van der Waals surface area contributed by atoms with Gasteiger partial charge in [0.15, 0.2) is 0 Å². The molecule has 0 atom stereocenters. The van der Waals surface area contributed by atoms with Gasteiger partial charge in [0.05, 0.1) is 23.9 Å². The van der Waals surface area contributed by atoms with Crippen LogP contribution in [-0.2, 0) is 24.2 Å². The zero-order valence-corrected chi connectivity index (χ0v) is 20.3. The molecule has 0 N–H and O–H groups in total. The smallest absolute Gasteiger partial charge is 0.227 e. The van der Waals surface area contributed by atoms with Crippen molar-refractivity contribution in [3.8, 4) is 6.07 Å². The third-order valence-electron chi connectivity index (χ3n) is 6.78. The Morgan fingerprint density at radius 1 is 0.833 bits per heavy atom. The predicted octanol–water partition coefficient (Wildman–Crippen LogP) is 6.81. The van der Waals surface area contributed by atoms with Crippen LogP contribution in [0.15, 0.2) is 103 Å². The van der Waals surface area contributed by atoms with Gasteiger partial charge < -0.3 is 9.80 Å². The van der Waals surface area contributed by atoms with Gasteiger partial charge in [-0.25, -0.2) is 0 Å². The van der Waals surface area contributed by atoms with Gasteiger partial charge in [0.1, 0.15) is 0 Å². The van der Waals surface area contributed by atoms with Crippen molar-refractivity contribution in [2.75, 3.05) is 16.3 Å². The van der Waals surface area contributed by atoms with Crippen molar-refractivity contribution in [2.45, 2.75) is 32.2 Å². The molecule has 5 rings (SSSR count). The molecule has 0 radical (unpaired) electrons. The molecule has 1 aliphatic rings. The van der Waals surface area contributed by atoms with Gasteiger partial charge >= 0.3 is 0 Å². The SMILES string of the molecule is N#Cc1ccc(CCC(=O)N2CCCc3cccc(CN(c4ccccc4)c4ccccc4)c32)cc1. The van der Waals surface area contributed by atoms with Crippen LogP contribution in [0.4, 0.5) is 17.1 Å². The summed E-state index contributed by atoms with van der Waals surface area (Å²) in [7, 11) is 0. The highest BCUT2D eigenvalue weighted by Crippen LogP contribution is 2.35. The van der Waals surface area contributed by atoms with Crippen LogP contribution in [-0.4, -0.2) is 12.5 Å². The van der Waals surface area contributed by atoms with E-state index in [0.29, 0.717) is 24.9 Å². The largest absolute Gasteiger partial charge is 0.337 e. The minimum Gasteiger partial charge on any atom is -0.337 e. The van der Waals surface area contributed by atoms with Crippen LogP contribution in [0.5, 0.6) is 0 Å². The van der Waals surface area contributed by atoms with Gasteiger partial charge in [-0.1, -0.05) is 66.7 Å². The van der Waals surface area contributed by atoms with Gasteiger partial charge in [0, 0.05) is 24.3 Å². The van der Waals surface area contributed by atoms with E-state index in [1.807, 2.05) is 41.3 Å². The number of carbonyl (C=O) groups excluding carboxylic acids is 1. The van der Waals surface area contributed by atoms with Crippen molar-refractivity contribution >= 4 is 23.0 Å². The van der Waals surface area contributed by atoms with Crippen LogP contribution < -0.4 is 9.80 Å². The van der Waals surface area contributed by atoms with Gasteiger partial charge in [-0.05, 0) is 72.4 Å². The van der Waals surface area contributed by atoms with Crippen molar-refractivity contribution in [3.05, 3.63) is 125 Å². The number of nitrogens with zero attached hydrogens (tertiary/aromatic N) is 3. The highest BCUT2D eigenvalue weighted by Gasteiger charge is 2.26. The lowest BCUT2D eigenvalue weighted by Crippen LogP contribution is -2.37. The van der Waals surface area contributed by atoms with Crippen LogP contribution in [0.1, 0.15) is 35.1 Å². The quantitative estimate of drug-likeness (QED) is 0.297. The fourth-order valence-electron chi connectivity index (χ4n) is 4.96. The fraction of sp³-hybridized carbons (Fsp3) is 0.188. The molecule has 0 bridgehead atoms. The van der Waals surface area contributed by atoms with Gasteiger partial charge in [0.25, 0.3) is 0 Å². The number of nitriles is 1. The highest BCUT2D eigenvalue weighted by atomic mass is 16.2. The van der Waals surface area contributed by atoms with E-state index >= 15 is 0 Å². The Balaban J connectivity index is 1.42. The maximum Gasteiger partial charge on any atom is 0.227 e. The molecule has 1 amide bonds. The maximum absolute atomic E-state index is 13.5. The number of carbonyl (C=O) groups is 1. The van der Waals surface area contributed by atoms with Gasteiger partial charge in [-0.15, -0.1) is 0 Å². The number of amides is 1. The summed E-state index contributed by atoms with van der Waals surface area (Å²) in [4.78, 5) is 17.8. The summed E-state index contributed by atoms with van der Waals surface area (Å²) < 4.78 is 0. The second kappa shape index (κ2) is 10.9. The summed E-state index contributed by atoms with van der Waals surface area (Å²) in [5, 5.41) is 9.03. The highest BCUT2D eigenvalue weighted by molar-refractivity contribution is 5.95. The van der Waals surface area contributed by atoms with E-state index in [1.165, 1.54) is 5.56 Å². The monoisotopic (exact) mass is 471 g/mol. The molecule has 36 heavy (non-hydrogen) atoms. The molecule has 4 aromatic carbocycles. The third kappa shape index (κ3) is 5.16. The predicted molar refractivity (Wildman–Crippen MR) is 145 cm³/mol. The standard InChI is InChI=1S/C32H29N3O/c33-23-26-18-16-25(17-19-26)20-21-31(36)34-22-8-11-27-9-7-10-28(32(27)34)24-35(29-12-3-1-4-13-29)30-14-5-2-6-15-30/h1-7,9-10,12-19H,8,11,20-22,24H2.